The fourth-order valence-corrected chi connectivity index (χ4v) is 4.27. The van der Waals surface area contributed by atoms with Gasteiger partial charge in [0.2, 0.25) is 17.7 Å². The molecule has 1 aromatic heterocycles. The van der Waals surface area contributed by atoms with E-state index < -0.39 is 66.4 Å². The molecule has 0 saturated carbocycles. The molecule has 3 rings (SSSR count). The fourth-order valence-electron chi connectivity index (χ4n) is 4.27. The van der Waals surface area contributed by atoms with Crippen LogP contribution in [-0.2, 0) is 36.8 Å². The van der Waals surface area contributed by atoms with Gasteiger partial charge in [0.15, 0.2) is 6.04 Å². The number of aromatic amines is 1. The summed E-state index contributed by atoms with van der Waals surface area (Å²) in [7, 11) is 0. The number of hydrogen-bond donors (Lipinski definition) is 8. The van der Waals surface area contributed by atoms with E-state index in [1.165, 1.54) is 0 Å². The minimum Gasteiger partial charge on any atom is -0.481 e. The van der Waals surface area contributed by atoms with Crippen LogP contribution in [0, 0.1) is 0 Å². The van der Waals surface area contributed by atoms with Gasteiger partial charge in [-0.1, -0.05) is 48.5 Å². The van der Waals surface area contributed by atoms with Gasteiger partial charge < -0.3 is 42.0 Å². The maximum Gasteiger partial charge on any atom is 0.328 e. The molecule has 1 heterocycles. The standard InChI is InChI=1S/C28H33N5O8/c1-15(34)24(28(40)41)33-27(39)22(13-23(35)36)32-26(38)21(12-17-14-30-20-10-6-5-9-18(17)20)31-25(37)19(29)11-16-7-3-2-4-8-16/h2-10,14-15,19,21-22,24,30,34H,11-13,29H2,1H3,(H,31,37)(H,32,38)(H,33,39)(H,35,36)(H,40,41). The van der Waals surface area contributed by atoms with E-state index in [2.05, 4.69) is 15.6 Å². The second kappa shape index (κ2) is 14.1. The number of carboxylic acid groups (broad SMARTS) is 2. The number of H-pyrrole nitrogens is 1. The number of benzene rings is 2. The van der Waals surface area contributed by atoms with Crippen LogP contribution in [0.4, 0.5) is 0 Å². The summed E-state index contributed by atoms with van der Waals surface area (Å²) >= 11 is 0. The number of hydrogen-bond acceptors (Lipinski definition) is 7. The van der Waals surface area contributed by atoms with Crippen molar-refractivity contribution in [2.75, 3.05) is 0 Å². The van der Waals surface area contributed by atoms with E-state index in [1.807, 2.05) is 29.6 Å². The Balaban J connectivity index is 1.84. The van der Waals surface area contributed by atoms with Crippen LogP contribution in [0.1, 0.15) is 24.5 Å². The highest BCUT2D eigenvalue weighted by Crippen LogP contribution is 2.19. The molecule has 13 nitrogen and oxygen atoms in total. The van der Waals surface area contributed by atoms with E-state index >= 15 is 0 Å². The first-order valence-electron chi connectivity index (χ1n) is 12.8. The summed E-state index contributed by atoms with van der Waals surface area (Å²) in [6, 6.07) is 10.6. The Kier molecular flexibility index (Phi) is 10.6. The van der Waals surface area contributed by atoms with E-state index in [9.17, 15) is 39.3 Å². The molecule has 3 amide bonds. The lowest BCUT2D eigenvalue weighted by atomic mass is 10.0. The highest BCUT2D eigenvalue weighted by atomic mass is 16.4. The topological polar surface area (TPSA) is 224 Å². The maximum absolute atomic E-state index is 13.5. The minimum absolute atomic E-state index is 0.0352. The van der Waals surface area contributed by atoms with Crippen LogP contribution in [0.25, 0.3) is 10.9 Å². The van der Waals surface area contributed by atoms with Crippen LogP contribution in [0.5, 0.6) is 0 Å². The first kappa shape index (κ1) is 30.8. The van der Waals surface area contributed by atoms with E-state index in [0.717, 1.165) is 23.4 Å². The highest BCUT2D eigenvalue weighted by Gasteiger charge is 2.33. The Morgan fingerprint density at radius 3 is 2.07 bits per heavy atom. The van der Waals surface area contributed by atoms with E-state index in [-0.39, 0.29) is 12.8 Å². The number of carbonyl (C=O) groups is 5. The predicted octanol–water partition coefficient (Wildman–Crippen LogP) is -0.325. The number of nitrogens with one attached hydrogen (secondary N) is 4. The average molecular weight is 568 g/mol. The number of aliphatic hydroxyl groups excluding tert-OH is 1. The molecule has 5 atom stereocenters. The van der Waals surface area contributed by atoms with Crippen molar-refractivity contribution in [1.82, 2.24) is 20.9 Å². The zero-order valence-electron chi connectivity index (χ0n) is 22.2. The zero-order valence-corrected chi connectivity index (χ0v) is 22.2. The summed E-state index contributed by atoms with van der Waals surface area (Å²) in [6.45, 7) is 1.13. The molecule has 0 radical (unpaired) electrons. The molecule has 0 aliphatic carbocycles. The van der Waals surface area contributed by atoms with Gasteiger partial charge in [0.1, 0.15) is 12.1 Å². The van der Waals surface area contributed by atoms with Gasteiger partial charge in [0.25, 0.3) is 0 Å². The van der Waals surface area contributed by atoms with Gasteiger partial charge in [0.05, 0.1) is 18.6 Å². The lowest BCUT2D eigenvalue weighted by Crippen LogP contribution is -2.59. The third-order valence-corrected chi connectivity index (χ3v) is 6.43. The highest BCUT2D eigenvalue weighted by molar-refractivity contribution is 5.96. The van der Waals surface area contributed by atoms with E-state index in [1.54, 1.807) is 36.5 Å². The maximum atomic E-state index is 13.5. The molecular weight excluding hydrogens is 534 g/mol. The number of carbonyl (C=O) groups excluding carboxylic acids is 3. The molecular formula is C28H33N5O8. The summed E-state index contributed by atoms with van der Waals surface area (Å²) in [6.07, 6.45) is -0.564. The van der Waals surface area contributed by atoms with Crippen LogP contribution in [0.15, 0.2) is 60.8 Å². The summed E-state index contributed by atoms with van der Waals surface area (Å²) in [4.78, 5) is 65.3. The van der Waals surface area contributed by atoms with Crippen LogP contribution >= 0.6 is 0 Å². The van der Waals surface area contributed by atoms with Crippen molar-refractivity contribution in [3.05, 3.63) is 71.9 Å². The predicted molar refractivity (Wildman–Crippen MR) is 147 cm³/mol. The van der Waals surface area contributed by atoms with Crippen molar-refractivity contribution in [2.24, 2.45) is 5.73 Å². The third kappa shape index (κ3) is 8.62. The molecule has 0 bridgehead atoms. The molecule has 0 saturated heterocycles. The molecule has 5 unspecified atom stereocenters. The fraction of sp³-hybridized carbons (Fsp3) is 0.321. The van der Waals surface area contributed by atoms with Gasteiger partial charge in [-0.3, -0.25) is 19.2 Å². The summed E-state index contributed by atoms with van der Waals surface area (Å²) in [5.74, 6) is -5.66. The molecule has 0 aliphatic rings. The van der Waals surface area contributed by atoms with Crippen LogP contribution in [-0.4, -0.2) is 80.2 Å². The van der Waals surface area contributed by atoms with Crippen LogP contribution in [0.2, 0.25) is 0 Å². The van der Waals surface area contributed by atoms with Crippen molar-refractivity contribution in [3.8, 4) is 0 Å². The lowest BCUT2D eigenvalue weighted by Gasteiger charge is -2.25. The van der Waals surface area contributed by atoms with Crippen molar-refractivity contribution < 1.29 is 39.3 Å². The first-order valence-corrected chi connectivity index (χ1v) is 12.8. The number of amides is 3. The van der Waals surface area contributed by atoms with Gasteiger partial charge >= 0.3 is 11.9 Å². The van der Waals surface area contributed by atoms with E-state index in [0.29, 0.717) is 5.56 Å². The van der Waals surface area contributed by atoms with Crippen LogP contribution in [0.3, 0.4) is 0 Å². The molecule has 41 heavy (non-hydrogen) atoms. The number of nitrogens with two attached hydrogens (primary N) is 1. The van der Waals surface area contributed by atoms with Gasteiger partial charge in [0, 0.05) is 23.5 Å². The Morgan fingerprint density at radius 1 is 0.829 bits per heavy atom. The van der Waals surface area contributed by atoms with Crippen LogP contribution < -0.4 is 21.7 Å². The van der Waals surface area contributed by atoms with Gasteiger partial charge in [-0.25, -0.2) is 4.79 Å². The smallest absolute Gasteiger partial charge is 0.328 e. The summed E-state index contributed by atoms with van der Waals surface area (Å²) < 4.78 is 0. The first-order chi connectivity index (χ1) is 19.5. The number of aliphatic hydroxyl groups is 1. The molecule has 0 spiro atoms. The van der Waals surface area contributed by atoms with Gasteiger partial charge in [-0.15, -0.1) is 0 Å². The molecule has 13 heteroatoms. The summed E-state index contributed by atoms with van der Waals surface area (Å²) in [5, 5.41) is 36.1. The quantitative estimate of drug-likeness (QED) is 0.128. The SMILES string of the molecule is CC(O)C(NC(=O)C(CC(=O)O)NC(=O)C(Cc1c[nH]c2ccccc12)NC(=O)C(N)Cc1ccccc1)C(=O)O. The molecule has 0 fully saturated rings. The third-order valence-electron chi connectivity index (χ3n) is 6.43. The molecule has 0 aliphatic heterocycles. The number of fused-ring (bicyclic) bond motifs is 1. The number of aliphatic carboxylic acids is 2. The molecule has 218 valence electrons. The summed E-state index contributed by atoms with van der Waals surface area (Å²) in [5.41, 5.74) is 8.37. The molecule has 9 N–H and O–H groups in total. The van der Waals surface area contributed by atoms with Gasteiger partial charge in [-0.2, -0.15) is 0 Å². The number of rotatable bonds is 14. The largest absolute Gasteiger partial charge is 0.481 e. The Morgan fingerprint density at radius 2 is 1.44 bits per heavy atom. The number of para-hydroxylation sites is 1. The molecule has 3 aromatic rings. The number of aromatic nitrogens is 1. The normalized spacial score (nSPS) is 14.7. The Bertz CT molecular complexity index is 1390. The second-order valence-electron chi connectivity index (χ2n) is 9.65. The second-order valence-corrected chi connectivity index (χ2v) is 9.65. The van der Waals surface area contributed by atoms with E-state index in [4.69, 9.17) is 5.73 Å². The average Bonchev–Trinajstić information content (AvgIpc) is 3.33. The van der Waals surface area contributed by atoms with Gasteiger partial charge in [-0.05, 0) is 30.5 Å². The zero-order chi connectivity index (χ0) is 30.1. The Labute approximate surface area is 235 Å². The molecule has 2 aromatic carbocycles. The monoisotopic (exact) mass is 567 g/mol. The Hall–Kier alpha value is -4.75. The van der Waals surface area contributed by atoms with Crippen molar-refractivity contribution in [3.63, 3.8) is 0 Å². The van der Waals surface area contributed by atoms with Crippen molar-refractivity contribution >= 4 is 40.6 Å². The number of carboxylic acids is 2. The van der Waals surface area contributed by atoms with Crippen molar-refractivity contribution in [2.45, 2.75) is 56.5 Å². The lowest BCUT2D eigenvalue weighted by molar-refractivity contribution is -0.146. The van der Waals surface area contributed by atoms with Crippen molar-refractivity contribution in [1.29, 1.82) is 0 Å². The minimum atomic E-state index is -1.74.